The molecule has 3 aromatic rings. The zero-order valence-corrected chi connectivity index (χ0v) is 28.3. The van der Waals surface area contributed by atoms with E-state index in [-0.39, 0.29) is 50.0 Å². The third kappa shape index (κ3) is 7.13. The van der Waals surface area contributed by atoms with E-state index in [4.69, 9.17) is 8.37 Å². The maximum atomic E-state index is 13.3. The Hall–Kier alpha value is -3.80. The van der Waals surface area contributed by atoms with Gasteiger partial charge in [0.1, 0.15) is 0 Å². The Morgan fingerprint density at radius 2 is 0.938 bits per heavy atom. The monoisotopic (exact) mass is 728 g/mol. The van der Waals surface area contributed by atoms with Crippen LogP contribution in [0, 0.1) is 0 Å². The van der Waals surface area contributed by atoms with E-state index in [2.05, 4.69) is 0 Å². The van der Waals surface area contributed by atoms with E-state index in [9.17, 15) is 39.0 Å². The summed E-state index contributed by atoms with van der Waals surface area (Å²) in [6.07, 6.45) is -0.870. The smallest absolute Gasteiger partial charge is 0.346 e. The van der Waals surface area contributed by atoms with Gasteiger partial charge in [0, 0.05) is 36.8 Å². The largest absolute Gasteiger partial charge is 0.479 e. The van der Waals surface area contributed by atoms with E-state index in [1.165, 1.54) is 24.3 Å². The van der Waals surface area contributed by atoms with Crippen molar-refractivity contribution in [3.8, 4) is 0 Å². The lowest BCUT2D eigenvalue weighted by Crippen LogP contribution is -2.53. The van der Waals surface area contributed by atoms with Gasteiger partial charge in [0.2, 0.25) is 33.4 Å². The van der Waals surface area contributed by atoms with Crippen LogP contribution in [-0.2, 0) is 60.1 Å². The highest BCUT2D eigenvalue weighted by atomic mass is 33.1. The number of carboxylic acid groups (broad SMARTS) is 2. The van der Waals surface area contributed by atoms with Crippen LogP contribution >= 0.6 is 43.7 Å². The van der Waals surface area contributed by atoms with Crippen LogP contribution in [0.25, 0.3) is 0 Å². The lowest BCUT2D eigenvalue weighted by atomic mass is 9.97. The number of benzene rings is 3. The first-order valence-corrected chi connectivity index (χ1v) is 18.6. The van der Waals surface area contributed by atoms with Crippen LogP contribution in [0.15, 0.2) is 84.9 Å². The van der Waals surface area contributed by atoms with Gasteiger partial charge in [0.25, 0.3) is 0 Å². The molecule has 2 heterocycles. The molecule has 2 N–H and O–H groups in total. The average molecular weight is 729 g/mol. The average Bonchev–Trinajstić information content (AvgIpc) is 3.61. The molecule has 0 bridgehead atoms. The number of amides is 4. The molecule has 12 nitrogen and oxygen atoms in total. The lowest BCUT2D eigenvalue weighted by molar-refractivity contribution is -0.157. The van der Waals surface area contributed by atoms with Crippen LogP contribution in [0.3, 0.4) is 0 Å². The topological polar surface area (TPSA) is 168 Å². The van der Waals surface area contributed by atoms with Crippen molar-refractivity contribution in [2.24, 2.45) is 0 Å². The Kier molecular flexibility index (Phi) is 11.5. The normalized spacial score (nSPS) is 17.4. The van der Waals surface area contributed by atoms with Crippen LogP contribution in [-0.4, -0.2) is 55.6 Å². The summed E-state index contributed by atoms with van der Waals surface area (Å²) >= 11 is 1.31. The first kappa shape index (κ1) is 35.5. The summed E-state index contributed by atoms with van der Waals surface area (Å²) in [5, 5.41) is 21.5. The number of carbonyl (C=O) groups excluding carboxylic acids is 4. The highest BCUT2D eigenvalue weighted by Gasteiger charge is 2.58. The van der Waals surface area contributed by atoms with Gasteiger partial charge in [-0.25, -0.2) is 9.59 Å². The minimum atomic E-state index is -2.41. The Balaban J connectivity index is 1.56. The summed E-state index contributed by atoms with van der Waals surface area (Å²) in [6.45, 7) is 0.155. The molecule has 2 aliphatic heterocycles. The molecule has 0 aliphatic carbocycles. The number of hydrogen-bond acceptors (Lipinski definition) is 12. The van der Waals surface area contributed by atoms with Crippen molar-refractivity contribution in [2.75, 3.05) is 0 Å². The second kappa shape index (κ2) is 15.6. The van der Waals surface area contributed by atoms with Gasteiger partial charge >= 0.3 is 11.9 Å². The fourth-order valence-electron chi connectivity index (χ4n) is 5.21. The first-order chi connectivity index (χ1) is 23.1. The Morgan fingerprint density at radius 3 is 1.27 bits per heavy atom. The van der Waals surface area contributed by atoms with Crippen LogP contribution in [0.2, 0.25) is 0 Å². The maximum absolute atomic E-state index is 13.3. The Labute approximate surface area is 291 Å². The van der Waals surface area contributed by atoms with Gasteiger partial charge in [0.15, 0.2) is 0 Å². The van der Waals surface area contributed by atoms with Crippen molar-refractivity contribution in [3.05, 3.63) is 107 Å². The van der Waals surface area contributed by atoms with Gasteiger partial charge in [-0.05, 0) is 38.8 Å². The highest BCUT2D eigenvalue weighted by Crippen LogP contribution is 2.53. The van der Waals surface area contributed by atoms with E-state index < -0.39 is 45.3 Å². The van der Waals surface area contributed by atoms with Crippen molar-refractivity contribution >= 4 is 79.3 Å². The molecule has 5 rings (SSSR count). The summed E-state index contributed by atoms with van der Waals surface area (Å²) in [5.41, 5.74) is 1.27. The quantitative estimate of drug-likeness (QED) is 0.0823. The number of carbonyl (C=O) groups is 6. The van der Waals surface area contributed by atoms with Gasteiger partial charge in [-0.3, -0.25) is 29.0 Å². The van der Waals surface area contributed by atoms with Crippen molar-refractivity contribution in [1.82, 2.24) is 9.80 Å². The number of likely N-dealkylation sites (tertiary alicyclic amines) is 2. The Bertz CT molecular complexity index is 1560. The van der Waals surface area contributed by atoms with Crippen molar-refractivity contribution < 1.29 is 47.3 Å². The number of nitrogens with zero attached hydrogens (tertiary/aromatic N) is 2. The maximum Gasteiger partial charge on any atom is 0.346 e. The molecule has 0 saturated carbocycles. The molecule has 0 aromatic heterocycles. The third-order valence-corrected chi connectivity index (χ3v) is 12.2. The van der Waals surface area contributed by atoms with E-state index in [0.29, 0.717) is 53.5 Å². The van der Waals surface area contributed by atoms with E-state index in [1.54, 1.807) is 48.5 Å². The first-order valence-electron chi connectivity index (χ1n) is 14.4. The van der Waals surface area contributed by atoms with E-state index in [0.717, 1.165) is 11.1 Å². The van der Waals surface area contributed by atoms with Crippen molar-refractivity contribution in [2.45, 2.75) is 48.6 Å². The zero-order valence-electron chi connectivity index (χ0n) is 25.0. The summed E-state index contributed by atoms with van der Waals surface area (Å²) in [4.78, 5) is 75.4. The molecule has 2 saturated heterocycles. The summed E-state index contributed by atoms with van der Waals surface area (Å²) in [6, 6.07) is 23.3. The lowest BCUT2D eigenvalue weighted by Gasteiger charge is -2.38. The number of aliphatic carboxylic acids is 2. The second-order valence-electron chi connectivity index (χ2n) is 10.5. The van der Waals surface area contributed by atoms with Gasteiger partial charge in [-0.1, -0.05) is 78.9 Å². The van der Waals surface area contributed by atoms with Gasteiger partial charge in [-0.15, -0.1) is 0 Å². The van der Waals surface area contributed by atoms with E-state index in [1.807, 2.05) is 12.1 Å². The van der Waals surface area contributed by atoms with Crippen LogP contribution in [0.5, 0.6) is 0 Å². The molecule has 4 amide bonds. The van der Waals surface area contributed by atoms with Gasteiger partial charge < -0.3 is 18.6 Å². The molecule has 2 fully saturated rings. The minimum absolute atomic E-state index is 0.0777. The molecule has 16 heteroatoms. The number of carboxylic acids is 2. The minimum Gasteiger partial charge on any atom is -0.479 e. The van der Waals surface area contributed by atoms with Crippen LogP contribution < -0.4 is 0 Å². The molecule has 2 aliphatic rings. The molecule has 250 valence electrons. The summed E-state index contributed by atoms with van der Waals surface area (Å²) in [5.74, 6) is -6.14. The Morgan fingerprint density at radius 1 is 0.583 bits per heavy atom. The second-order valence-corrected chi connectivity index (χ2v) is 14.6. The van der Waals surface area contributed by atoms with Crippen molar-refractivity contribution in [3.63, 3.8) is 0 Å². The SMILES string of the molecule is O=C1CCC(=O)N1C(SSOCc1ccccc1)(C(=O)O)c1cccc(C(SSOCc2ccccc2)(C(=O)O)N2C(=O)CCC2=O)c1. The number of imide groups is 2. The molecule has 2 unspecified atom stereocenters. The van der Waals surface area contributed by atoms with E-state index >= 15 is 0 Å². The predicted molar refractivity (Wildman–Crippen MR) is 180 cm³/mol. The summed E-state index contributed by atoms with van der Waals surface area (Å²) in [7, 11) is 1.16. The summed E-state index contributed by atoms with van der Waals surface area (Å²) < 4.78 is 11.4. The standard InChI is InChI=1S/C32H28N2O10S4/c35-25-14-15-26(36)33(25)31(29(39)40,45-47-43-19-21-8-3-1-4-9-21)23-12-7-13-24(18-23)32(30(41)42,34-27(37)16-17-28(34)38)46-48-44-20-22-10-5-2-6-11-22/h1-13,18H,14-17,19-20H2,(H,39,40)(H,41,42). The number of hydrogen-bond donors (Lipinski definition) is 2. The molecule has 48 heavy (non-hydrogen) atoms. The fourth-order valence-corrected chi connectivity index (χ4v) is 9.64. The molecule has 0 spiro atoms. The highest BCUT2D eigenvalue weighted by molar-refractivity contribution is 8.75. The third-order valence-electron chi connectivity index (χ3n) is 7.50. The van der Waals surface area contributed by atoms with Gasteiger partial charge in [0.05, 0.1) is 35.4 Å². The molecule has 2 atom stereocenters. The number of rotatable bonds is 16. The van der Waals surface area contributed by atoms with Crippen molar-refractivity contribution in [1.29, 1.82) is 0 Å². The molecular formula is C32H28N2O10S4. The predicted octanol–water partition coefficient (Wildman–Crippen LogP) is 5.49. The van der Waals surface area contributed by atoms with Crippen LogP contribution in [0.4, 0.5) is 0 Å². The van der Waals surface area contributed by atoms with Gasteiger partial charge in [-0.2, -0.15) is 0 Å². The molecule has 0 radical (unpaired) electrons. The van der Waals surface area contributed by atoms with Crippen LogP contribution in [0.1, 0.15) is 47.9 Å². The zero-order chi connectivity index (χ0) is 34.3. The fraction of sp³-hybridized carbons (Fsp3) is 0.250. The molecular weight excluding hydrogens is 701 g/mol. The molecule has 3 aromatic carbocycles.